The first-order valence-corrected chi connectivity index (χ1v) is 7.77. The number of carbonyl (C=O) groups is 1. The predicted molar refractivity (Wildman–Crippen MR) is 89.7 cm³/mol. The van der Waals surface area contributed by atoms with Crippen molar-refractivity contribution in [2.24, 2.45) is 0 Å². The van der Waals surface area contributed by atoms with Crippen LogP contribution in [0.4, 0.5) is 0 Å². The van der Waals surface area contributed by atoms with Crippen molar-refractivity contribution in [1.29, 1.82) is 0 Å². The highest BCUT2D eigenvalue weighted by Gasteiger charge is 2.11. The van der Waals surface area contributed by atoms with Crippen LogP contribution in [0.2, 0.25) is 0 Å². The number of benzene rings is 1. The van der Waals surface area contributed by atoms with Gasteiger partial charge in [0.05, 0.1) is 0 Å². The van der Waals surface area contributed by atoms with Crippen molar-refractivity contribution >= 4 is 16.7 Å². The van der Waals surface area contributed by atoms with Gasteiger partial charge in [-0.3, -0.25) is 14.5 Å². The Balaban J connectivity index is 1.59. The molecule has 0 N–H and O–H groups in total. The van der Waals surface area contributed by atoms with Gasteiger partial charge in [0.25, 0.3) is 0 Å². The van der Waals surface area contributed by atoms with E-state index in [1.54, 1.807) is 17.3 Å². The standard InChI is InChI=1S/C18H20N4O/c1-21(18(23)7-3-11-22-12-4-9-20-22)14-16-6-2-5-15-13-19-10-8-17(15)16/h2,4-6,8-10,12-13H,3,7,11,14H2,1H3. The predicted octanol–water partition coefficient (Wildman–Crippen LogP) is 2.87. The van der Waals surface area contributed by atoms with E-state index in [-0.39, 0.29) is 5.91 Å². The van der Waals surface area contributed by atoms with Crippen molar-refractivity contribution in [3.63, 3.8) is 0 Å². The van der Waals surface area contributed by atoms with E-state index in [2.05, 4.69) is 16.1 Å². The van der Waals surface area contributed by atoms with Crippen LogP contribution in [0.3, 0.4) is 0 Å². The number of amides is 1. The zero-order valence-corrected chi connectivity index (χ0v) is 13.2. The van der Waals surface area contributed by atoms with Crippen molar-refractivity contribution in [2.45, 2.75) is 25.9 Å². The highest BCUT2D eigenvalue weighted by molar-refractivity contribution is 5.85. The fourth-order valence-corrected chi connectivity index (χ4v) is 2.69. The number of aromatic nitrogens is 3. The second kappa shape index (κ2) is 7.05. The Labute approximate surface area is 135 Å². The molecule has 0 unspecified atom stereocenters. The monoisotopic (exact) mass is 308 g/mol. The molecule has 2 aromatic heterocycles. The van der Waals surface area contributed by atoms with Gasteiger partial charge in [0.1, 0.15) is 0 Å². The molecule has 0 aliphatic rings. The van der Waals surface area contributed by atoms with Crippen LogP contribution in [0, 0.1) is 0 Å². The fraction of sp³-hybridized carbons (Fsp3) is 0.278. The molecule has 1 amide bonds. The summed E-state index contributed by atoms with van der Waals surface area (Å²) in [6.07, 6.45) is 8.64. The van der Waals surface area contributed by atoms with Gasteiger partial charge in [-0.25, -0.2) is 0 Å². The number of pyridine rings is 1. The largest absolute Gasteiger partial charge is 0.341 e. The molecule has 0 spiro atoms. The summed E-state index contributed by atoms with van der Waals surface area (Å²) in [7, 11) is 1.86. The number of hydrogen-bond acceptors (Lipinski definition) is 3. The van der Waals surface area contributed by atoms with Gasteiger partial charge in [-0.15, -0.1) is 0 Å². The van der Waals surface area contributed by atoms with Gasteiger partial charge < -0.3 is 4.90 Å². The molecule has 5 heteroatoms. The summed E-state index contributed by atoms with van der Waals surface area (Å²) >= 11 is 0. The molecule has 0 atom stereocenters. The third-order valence-electron chi connectivity index (χ3n) is 3.94. The lowest BCUT2D eigenvalue weighted by molar-refractivity contribution is -0.130. The molecule has 0 aliphatic carbocycles. The topological polar surface area (TPSA) is 51.0 Å². The number of aryl methyl sites for hydroxylation is 1. The van der Waals surface area contributed by atoms with Crippen LogP contribution in [-0.2, 0) is 17.9 Å². The van der Waals surface area contributed by atoms with Gasteiger partial charge >= 0.3 is 0 Å². The molecule has 3 aromatic rings. The Morgan fingerprint density at radius 1 is 1.22 bits per heavy atom. The van der Waals surface area contributed by atoms with Crippen LogP contribution in [0.15, 0.2) is 55.1 Å². The fourth-order valence-electron chi connectivity index (χ4n) is 2.69. The van der Waals surface area contributed by atoms with Gasteiger partial charge in [0.15, 0.2) is 0 Å². The second-order valence-corrected chi connectivity index (χ2v) is 5.64. The third kappa shape index (κ3) is 3.74. The number of nitrogens with zero attached hydrogens (tertiary/aromatic N) is 4. The molecule has 118 valence electrons. The van der Waals surface area contributed by atoms with Gasteiger partial charge in [0.2, 0.25) is 5.91 Å². The van der Waals surface area contributed by atoms with E-state index in [0.717, 1.165) is 29.3 Å². The summed E-state index contributed by atoms with van der Waals surface area (Å²) < 4.78 is 1.85. The third-order valence-corrected chi connectivity index (χ3v) is 3.94. The Bertz CT molecular complexity index is 777. The molecule has 1 aromatic carbocycles. The number of carbonyl (C=O) groups excluding carboxylic acids is 1. The highest BCUT2D eigenvalue weighted by Crippen LogP contribution is 2.19. The minimum Gasteiger partial charge on any atom is -0.341 e. The van der Waals surface area contributed by atoms with Crippen LogP contribution in [-0.4, -0.2) is 32.6 Å². The van der Waals surface area contributed by atoms with Gasteiger partial charge in [-0.1, -0.05) is 18.2 Å². The Hall–Kier alpha value is -2.69. The van der Waals surface area contributed by atoms with E-state index in [1.807, 2.05) is 48.4 Å². The Morgan fingerprint density at radius 2 is 2.13 bits per heavy atom. The molecule has 0 bridgehead atoms. The first kappa shape index (κ1) is 15.2. The summed E-state index contributed by atoms with van der Waals surface area (Å²) in [6.45, 7) is 1.38. The Kier molecular flexibility index (Phi) is 4.66. The number of rotatable bonds is 6. The average molecular weight is 308 g/mol. The minimum atomic E-state index is 0.156. The highest BCUT2D eigenvalue weighted by atomic mass is 16.2. The number of fused-ring (bicyclic) bond motifs is 1. The van der Waals surface area contributed by atoms with Crippen molar-refractivity contribution < 1.29 is 4.79 Å². The van der Waals surface area contributed by atoms with Crippen LogP contribution < -0.4 is 0 Å². The summed E-state index contributed by atoms with van der Waals surface area (Å²) in [4.78, 5) is 18.2. The first-order valence-electron chi connectivity index (χ1n) is 7.77. The maximum absolute atomic E-state index is 12.3. The zero-order chi connectivity index (χ0) is 16.1. The minimum absolute atomic E-state index is 0.156. The van der Waals surface area contributed by atoms with Crippen LogP contribution >= 0.6 is 0 Å². The van der Waals surface area contributed by atoms with E-state index in [4.69, 9.17) is 0 Å². The summed E-state index contributed by atoms with van der Waals surface area (Å²) in [5, 5.41) is 6.40. The van der Waals surface area contributed by atoms with Crippen LogP contribution in [0.25, 0.3) is 10.8 Å². The molecule has 2 heterocycles. The van der Waals surface area contributed by atoms with Crippen LogP contribution in [0.5, 0.6) is 0 Å². The van der Waals surface area contributed by atoms with Crippen molar-refractivity contribution in [1.82, 2.24) is 19.7 Å². The molecular formula is C18H20N4O. The van der Waals surface area contributed by atoms with E-state index >= 15 is 0 Å². The smallest absolute Gasteiger partial charge is 0.222 e. The van der Waals surface area contributed by atoms with Crippen molar-refractivity contribution in [2.75, 3.05) is 7.05 Å². The maximum atomic E-state index is 12.3. The summed E-state index contributed by atoms with van der Waals surface area (Å²) in [5.74, 6) is 0.156. The molecule has 0 aliphatic heterocycles. The van der Waals surface area contributed by atoms with Crippen LogP contribution in [0.1, 0.15) is 18.4 Å². The Morgan fingerprint density at radius 3 is 2.96 bits per heavy atom. The quantitative estimate of drug-likeness (QED) is 0.703. The van der Waals surface area contributed by atoms with Gasteiger partial charge in [-0.05, 0) is 29.5 Å². The van der Waals surface area contributed by atoms with Crippen molar-refractivity contribution in [3.05, 3.63) is 60.7 Å². The zero-order valence-electron chi connectivity index (χ0n) is 13.2. The lowest BCUT2D eigenvalue weighted by atomic mass is 10.1. The lowest BCUT2D eigenvalue weighted by Gasteiger charge is -2.18. The molecule has 3 rings (SSSR count). The van der Waals surface area contributed by atoms with Gasteiger partial charge in [0, 0.05) is 56.7 Å². The summed E-state index contributed by atoms with van der Waals surface area (Å²) in [6, 6.07) is 10.0. The molecule has 0 saturated heterocycles. The summed E-state index contributed by atoms with van der Waals surface area (Å²) in [5.41, 5.74) is 1.15. The van der Waals surface area contributed by atoms with E-state index in [9.17, 15) is 4.79 Å². The van der Waals surface area contributed by atoms with E-state index in [1.165, 1.54) is 0 Å². The van der Waals surface area contributed by atoms with E-state index < -0.39 is 0 Å². The normalized spacial score (nSPS) is 10.8. The molecule has 0 fully saturated rings. The first-order chi connectivity index (χ1) is 11.2. The SMILES string of the molecule is CN(Cc1cccc2cnccc12)C(=O)CCCn1cccn1. The van der Waals surface area contributed by atoms with E-state index in [0.29, 0.717) is 13.0 Å². The molecule has 23 heavy (non-hydrogen) atoms. The molecular weight excluding hydrogens is 288 g/mol. The molecule has 5 nitrogen and oxygen atoms in total. The second-order valence-electron chi connectivity index (χ2n) is 5.64. The van der Waals surface area contributed by atoms with Crippen molar-refractivity contribution in [3.8, 4) is 0 Å². The molecule has 0 radical (unpaired) electrons. The van der Waals surface area contributed by atoms with Gasteiger partial charge in [-0.2, -0.15) is 5.10 Å². The molecule has 0 saturated carbocycles. The lowest BCUT2D eigenvalue weighted by Crippen LogP contribution is -2.26. The number of hydrogen-bond donors (Lipinski definition) is 0. The maximum Gasteiger partial charge on any atom is 0.222 e. The average Bonchev–Trinajstić information content (AvgIpc) is 3.08.